The van der Waals surface area contributed by atoms with Gasteiger partial charge in [0.2, 0.25) is 17.7 Å². The summed E-state index contributed by atoms with van der Waals surface area (Å²) >= 11 is 0. The van der Waals surface area contributed by atoms with Gasteiger partial charge in [0, 0.05) is 18.3 Å². The van der Waals surface area contributed by atoms with Gasteiger partial charge in [0.15, 0.2) is 0 Å². The number of carbonyl (C=O) groups excluding carboxylic acids is 3. The van der Waals surface area contributed by atoms with Crippen LogP contribution in [0.3, 0.4) is 0 Å². The highest BCUT2D eigenvalue weighted by Gasteiger charge is 2.58. The van der Waals surface area contributed by atoms with Gasteiger partial charge in [-0.15, -0.1) is 0 Å². The minimum atomic E-state index is -1.09. The van der Waals surface area contributed by atoms with Gasteiger partial charge in [0.1, 0.15) is 12.0 Å². The standard InChI is InChI=1S/C22H23N3O3/c1-15-13-25(18-9-5-8-17(12-18)16-6-3-2-4-7-16)19(26)14-24(15)21(28)22(10-11-22)20(23)27/h2-9,12,15H,10-11,13-14H2,1H3,(H2,23,27)/t15-/m1/s1. The Bertz CT molecular complexity index is 937. The molecule has 2 fully saturated rings. The zero-order valence-corrected chi connectivity index (χ0v) is 15.8. The largest absolute Gasteiger partial charge is 0.369 e. The number of amides is 3. The lowest BCUT2D eigenvalue weighted by atomic mass is 10.0. The molecule has 2 aromatic carbocycles. The van der Waals surface area contributed by atoms with Crippen molar-refractivity contribution >= 4 is 23.4 Å². The second kappa shape index (κ2) is 6.78. The topological polar surface area (TPSA) is 83.7 Å². The molecule has 1 saturated carbocycles. The van der Waals surface area contributed by atoms with Crippen LogP contribution in [-0.2, 0) is 14.4 Å². The van der Waals surface area contributed by atoms with Crippen LogP contribution in [0.25, 0.3) is 11.1 Å². The molecule has 1 heterocycles. The third-order valence-electron chi connectivity index (χ3n) is 5.74. The van der Waals surface area contributed by atoms with Crippen LogP contribution < -0.4 is 10.6 Å². The first-order valence-corrected chi connectivity index (χ1v) is 9.49. The summed E-state index contributed by atoms with van der Waals surface area (Å²) in [4.78, 5) is 40.6. The number of anilines is 1. The first-order valence-electron chi connectivity index (χ1n) is 9.49. The molecule has 6 nitrogen and oxygen atoms in total. The lowest BCUT2D eigenvalue weighted by molar-refractivity contribution is -0.148. The monoisotopic (exact) mass is 377 g/mol. The maximum Gasteiger partial charge on any atom is 0.246 e. The number of hydrogen-bond acceptors (Lipinski definition) is 3. The van der Waals surface area contributed by atoms with Crippen molar-refractivity contribution in [2.45, 2.75) is 25.8 Å². The van der Waals surface area contributed by atoms with E-state index in [1.54, 1.807) is 4.90 Å². The molecule has 2 aromatic rings. The third-order valence-corrected chi connectivity index (χ3v) is 5.74. The molecule has 0 spiro atoms. The van der Waals surface area contributed by atoms with E-state index in [0.29, 0.717) is 19.4 Å². The van der Waals surface area contributed by atoms with Gasteiger partial charge in [-0.3, -0.25) is 14.4 Å². The number of hydrogen-bond donors (Lipinski definition) is 1. The third kappa shape index (κ3) is 3.05. The van der Waals surface area contributed by atoms with Crippen LogP contribution in [0.1, 0.15) is 19.8 Å². The minimum Gasteiger partial charge on any atom is -0.369 e. The van der Waals surface area contributed by atoms with Crippen LogP contribution in [0.2, 0.25) is 0 Å². The summed E-state index contributed by atoms with van der Waals surface area (Å²) in [6, 6.07) is 17.6. The molecule has 0 bridgehead atoms. The van der Waals surface area contributed by atoms with E-state index >= 15 is 0 Å². The van der Waals surface area contributed by atoms with Crippen molar-refractivity contribution in [2.24, 2.45) is 11.1 Å². The number of carbonyl (C=O) groups is 3. The van der Waals surface area contributed by atoms with Gasteiger partial charge in [-0.05, 0) is 43.0 Å². The fourth-order valence-electron chi connectivity index (χ4n) is 3.82. The van der Waals surface area contributed by atoms with E-state index in [1.165, 1.54) is 4.90 Å². The average Bonchev–Trinajstić information content (AvgIpc) is 3.52. The van der Waals surface area contributed by atoms with Gasteiger partial charge < -0.3 is 15.5 Å². The molecule has 3 amide bonds. The van der Waals surface area contributed by atoms with Crippen LogP contribution in [0.5, 0.6) is 0 Å². The first kappa shape index (κ1) is 18.2. The minimum absolute atomic E-state index is 0.0371. The maximum absolute atomic E-state index is 12.8. The zero-order chi connectivity index (χ0) is 19.9. The van der Waals surface area contributed by atoms with Crippen LogP contribution >= 0.6 is 0 Å². The average molecular weight is 377 g/mol. The Morgan fingerprint density at radius 1 is 1.04 bits per heavy atom. The molecule has 28 heavy (non-hydrogen) atoms. The van der Waals surface area contributed by atoms with Gasteiger partial charge in [-0.1, -0.05) is 42.5 Å². The van der Waals surface area contributed by atoms with Gasteiger partial charge in [-0.25, -0.2) is 0 Å². The summed E-state index contributed by atoms with van der Waals surface area (Å²) in [6.45, 7) is 2.25. The van der Waals surface area contributed by atoms with E-state index in [2.05, 4.69) is 0 Å². The lowest BCUT2D eigenvalue weighted by Crippen LogP contribution is -2.59. The molecule has 144 valence electrons. The van der Waals surface area contributed by atoms with Crippen LogP contribution in [0.15, 0.2) is 54.6 Å². The number of piperazine rings is 1. The maximum atomic E-state index is 12.8. The van der Waals surface area contributed by atoms with Gasteiger partial charge in [0.05, 0.1) is 0 Å². The fraction of sp³-hybridized carbons (Fsp3) is 0.318. The van der Waals surface area contributed by atoms with Crippen molar-refractivity contribution in [3.63, 3.8) is 0 Å². The molecular formula is C22H23N3O3. The highest BCUT2D eigenvalue weighted by Crippen LogP contribution is 2.47. The number of nitrogens with two attached hydrogens (primary N) is 1. The number of benzene rings is 2. The van der Waals surface area contributed by atoms with E-state index in [9.17, 15) is 14.4 Å². The van der Waals surface area contributed by atoms with E-state index in [-0.39, 0.29) is 24.4 Å². The summed E-state index contributed by atoms with van der Waals surface area (Å²) in [5.41, 5.74) is 7.25. The van der Waals surface area contributed by atoms with E-state index in [4.69, 9.17) is 5.73 Å². The summed E-state index contributed by atoms with van der Waals surface area (Å²) in [6.07, 6.45) is 0.947. The second-order valence-corrected chi connectivity index (χ2v) is 7.65. The fourth-order valence-corrected chi connectivity index (χ4v) is 3.82. The van der Waals surface area contributed by atoms with Gasteiger partial charge in [0.25, 0.3) is 0 Å². The Balaban J connectivity index is 1.55. The van der Waals surface area contributed by atoms with Crippen molar-refractivity contribution < 1.29 is 14.4 Å². The van der Waals surface area contributed by atoms with Crippen LogP contribution in [0.4, 0.5) is 5.69 Å². The summed E-state index contributed by atoms with van der Waals surface area (Å²) < 4.78 is 0. The molecule has 0 radical (unpaired) electrons. The molecular weight excluding hydrogens is 354 g/mol. The Labute approximate surface area is 163 Å². The SMILES string of the molecule is C[C@@H]1CN(c2cccc(-c3ccccc3)c2)C(=O)CN1C(=O)C1(C(N)=O)CC1. The van der Waals surface area contributed by atoms with E-state index in [0.717, 1.165) is 16.8 Å². The normalized spacial score (nSPS) is 20.8. The molecule has 4 rings (SSSR count). The van der Waals surface area contributed by atoms with E-state index < -0.39 is 11.3 Å². The van der Waals surface area contributed by atoms with E-state index in [1.807, 2.05) is 61.5 Å². The Hall–Kier alpha value is -3.15. The number of primary amides is 1. The van der Waals surface area contributed by atoms with Gasteiger partial charge in [-0.2, -0.15) is 0 Å². The van der Waals surface area contributed by atoms with Crippen molar-refractivity contribution in [2.75, 3.05) is 18.0 Å². The molecule has 2 N–H and O–H groups in total. The number of rotatable bonds is 4. The lowest BCUT2D eigenvalue weighted by Gasteiger charge is -2.40. The smallest absolute Gasteiger partial charge is 0.246 e. The van der Waals surface area contributed by atoms with Crippen LogP contribution in [0, 0.1) is 5.41 Å². The highest BCUT2D eigenvalue weighted by atomic mass is 16.2. The molecule has 1 saturated heterocycles. The number of nitrogens with zero attached hydrogens (tertiary/aromatic N) is 2. The molecule has 6 heteroatoms. The predicted octanol–water partition coefficient (Wildman–Crippen LogP) is 2.18. The molecule has 2 aliphatic rings. The Kier molecular flexibility index (Phi) is 4.41. The molecule has 1 atom stereocenters. The Morgan fingerprint density at radius 3 is 2.36 bits per heavy atom. The zero-order valence-electron chi connectivity index (χ0n) is 15.8. The highest BCUT2D eigenvalue weighted by molar-refractivity contribution is 6.09. The summed E-state index contributed by atoms with van der Waals surface area (Å²) in [5.74, 6) is -1.05. The van der Waals surface area contributed by atoms with Crippen molar-refractivity contribution in [1.82, 2.24) is 4.90 Å². The quantitative estimate of drug-likeness (QED) is 0.829. The predicted molar refractivity (Wildman–Crippen MR) is 106 cm³/mol. The van der Waals surface area contributed by atoms with Crippen molar-refractivity contribution in [1.29, 1.82) is 0 Å². The molecule has 1 aliphatic carbocycles. The molecule has 0 unspecified atom stereocenters. The summed E-state index contributed by atoms with van der Waals surface area (Å²) in [5, 5.41) is 0. The van der Waals surface area contributed by atoms with Crippen molar-refractivity contribution in [3.8, 4) is 11.1 Å². The molecule has 1 aliphatic heterocycles. The Morgan fingerprint density at radius 2 is 1.71 bits per heavy atom. The van der Waals surface area contributed by atoms with Crippen LogP contribution in [-0.4, -0.2) is 41.8 Å². The first-order chi connectivity index (χ1) is 13.4. The second-order valence-electron chi connectivity index (χ2n) is 7.65. The van der Waals surface area contributed by atoms with Gasteiger partial charge >= 0.3 is 0 Å². The summed E-state index contributed by atoms with van der Waals surface area (Å²) in [7, 11) is 0. The molecule has 0 aromatic heterocycles. The van der Waals surface area contributed by atoms with Crippen molar-refractivity contribution in [3.05, 3.63) is 54.6 Å².